The van der Waals surface area contributed by atoms with Gasteiger partial charge in [0.05, 0.1) is 0 Å². The highest BCUT2D eigenvalue weighted by molar-refractivity contribution is 5.79. The Morgan fingerprint density at radius 2 is 1.83 bits per heavy atom. The molecule has 18 heavy (non-hydrogen) atoms. The van der Waals surface area contributed by atoms with Gasteiger partial charge in [-0.05, 0) is 18.4 Å². The first-order valence-corrected chi connectivity index (χ1v) is 6.22. The Morgan fingerprint density at radius 1 is 1.22 bits per heavy atom. The second kappa shape index (κ2) is 5.67. The number of carbonyl (C=O) groups excluding carboxylic acids is 1. The molecule has 1 aromatic carbocycles. The molecule has 4 nitrogen and oxygen atoms in total. The van der Waals surface area contributed by atoms with Crippen molar-refractivity contribution in [3.8, 4) is 0 Å². The fourth-order valence-electron chi connectivity index (χ4n) is 2.37. The number of carbonyl (C=O) groups is 2. The summed E-state index contributed by atoms with van der Waals surface area (Å²) in [7, 11) is 0. The Bertz CT molecular complexity index is 420. The third-order valence-corrected chi connectivity index (χ3v) is 3.40. The van der Waals surface area contributed by atoms with Gasteiger partial charge in [0.1, 0.15) is 5.78 Å². The van der Waals surface area contributed by atoms with Gasteiger partial charge in [-0.15, -0.1) is 0 Å². The maximum absolute atomic E-state index is 11.3. The molecule has 0 atom stereocenters. The zero-order valence-corrected chi connectivity index (χ0v) is 10.2. The zero-order chi connectivity index (χ0) is 13.0. The fraction of sp³-hybridized carbons (Fsp3) is 0.429. The number of ketones is 1. The highest BCUT2D eigenvalue weighted by Gasteiger charge is 2.27. The van der Waals surface area contributed by atoms with Crippen LogP contribution in [-0.4, -0.2) is 27.9 Å². The third kappa shape index (κ3) is 3.09. The Hall–Kier alpha value is -1.84. The standard InChI is InChI=1S/C14H17NO3/c16-13-8-6-12(7-9-13)15(14(17)18)10-11-4-2-1-3-5-11/h1-5,12H,6-10H2,(H,17,18). The minimum absolute atomic E-state index is 0.0274. The molecular formula is C14H17NO3. The number of Topliss-reactive ketones (excluding diaryl/α,β-unsaturated/α-hetero) is 1. The maximum atomic E-state index is 11.3. The summed E-state index contributed by atoms with van der Waals surface area (Å²) < 4.78 is 0. The minimum atomic E-state index is -0.904. The summed E-state index contributed by atoms with van der Waals surface area (Å²) in [6, 6.07) is 9.53. The molecule has 0 unspecified atom stereocenters. The molecule has 2 rings (SSSR count). The van der Waals surface area contributed by atoms with Crippen LogP contribution in [0.5, 0.6) is 0 Å². The number of carboxylic acid groups (broad SMARTS) is 1. The van der Waals surface area contributed by atoms with E-state index >= 15 is 0 Å². The average molecular weight is 247 g/mol. The molecule has 0 aromatic heterocycles. The van der Waals surface area contributed by atoms with E-state index in [0.717, 1.165) is 5.56 Å². The quantitative estimate of drug-likeness (QED) is 0.893. The van der Waals surface area contributed by atoms with Crippen LogP contribution in [0.15, 0.2) is 30.3 Å². The van der Waals surface area contributed by atoms with Gasteiger partial charge in [-0.2, -0.15) is 0 Å². The van der Waals surface area contributed by atoms with Crippen molar-refractivity contribution in [2.45, 2.75) is 38.3 Å². The maximum Gasteiger partial charge on any atom is 0.407 e. The van der Waals surface area contributed by atoms with E-state index in [2.05, 4.69) is 0 Å². The molecular weight excluding hydrogens is 230 g/mol. The van der Waals surface area contributed by atoms with Crippen molar-refractivity contribution in [1.29, 1.82) is 0 Å². The molecule has 0 radical (unpaired) electrons. The number of rotatable bonds is 3. The lowest BCUT2D eigenvalue weighted by Crippen LogP contribution is -2.41. The van der Waals surface area contributed by atoms with E-state index in [-0.39, 0.29) is 11.8 Å². The first-order chi connectivity index (χ1) is 8.66. The third-order valence-electron chi connectivity index (χ3n) is 3.40. The summed E-state index contributed by atoms with van der Waals surface area (Å²) in [5.74, 6) is 0.247. The van der Waals surface area contributed by atoms with Crippen LogP contribution < -0.4 is 0 Å². The molecule has 0 spiro atoms. The second-order valence-corrected chi connectivity index (χ2v) is 4.67. The predicted octanol–water partition coefficient (Wildman–Crippen LogP) is 2.68. The lowest BCUT2D eigenvalue weighted by atomic mass is 9.93. The molecule has 1 fully saturated rings. The largest absolute Gasteiger partial charge is 0.465 e. The number of amides is 1. The van der Waals surface area contributed by atoms with Crippen LogP contribution in [0.3, 0.4) is 0 Å². The number of benzene rings is 1. The monoisotopic (exact) mass is 247 g/mol. The van der Waals surface area contributed by atoms with Gasteiger partial charge in [-0.3, -0.25) is 4.79 Å². The van der Waals surface area contributed by atoms with Crippen molar-refractivity contribution in [1.82, 2.24) is 4.90 Å². The number of hydrogen-bond donors (Lipinski definition) is 1. The summed E-state index contributed by atoms with van der Waals surface area (Å²) in [5, 5.41) is 9.29. The van der Waals surface area contributed by atoms with Gasteiger partial charge in [0.25, 0.3) is 0 Å². The van der Waals surface area contributed by atoms with Crippen LogP contribution in [0.2, 0.25) is 0 Å². The van der Waals surface area contributed by atoms with Crippen molar-refractivity contribution in [2.75, 3.05) is 0 Å². The Morgan fingerprint density at radius 3 is 2.39 bits per heavy atom. The summed E-state index contributed by atoms with van der Waals surface area (Å²) >= 11 is 0. The highest BCUT2D eigenvalue weighted by Crippen LogP contribution is 2.22. The van der Waals surface area contributed by atoms with Crippen LogP contribution in [0.1, 0.15) is 31.2 Å². The van der Waals surface area contributed by atoms with E-state index < -0.39 is 6.09 Å². The lowest BCUT2D eigenvalue weighted by Gasteiger charge is -2.31. The van der Waals surface area contributed by atoms with Gasteiger partial charge >= 0.3 is 6.09 Å². The van der Waals surface area contributed by atoms with E-state index in [1.165, 1.54) is 4.90 Å². The summed E-state index contributed by atoms with van der Waals surface area (Å²) in [4.78, 5) is 24.0. The van der Waals surface area contributed by atoms with E-state index in [4.69, 9.17) is 0 Å². The minimum Gasteiger partial charge on any atom is -0.465 e. The average Bonchev–Trinajstić information content (AvgIpc) is 2.38. The lowest BCUT2D eigenvalue weighted by molar-refractivity contribution is -0.121. The van der Waals surface area contributed by atoms with Crippen LogP contribution in [0, 0.1) is 0 Å². The van der Waals surface area contributed by atoms with Crippen molar-refractivity contribution in [3.63, 3.8) is 0 Å². The Balaban J connectivity index is 2.04. The Kier molecular flexibility index (Phi) is 3.97. The van der Waals surface area contributed by atoms with Gasteiger partial charge in [0.2, 0.25) is 0 Å². The first kappa shape index (κ1) is 12.6. The SMILES string of the molecule is O=C1CCC(N(Cc2ccccc2)C(=O)O)CC1. The summed E-state index contributed by atoms with van der Waals surface area (Å²) in [6.07, 6.45) is 1.40. The first-order valence-electron chi connectivity index (χ1n) is 6.22. The Labute approximate surface area is 106 Å². The second-order valence-electron chi connectivity index (χ2n) is 4.67. The molecule has 1 aliphatic rings. The number of hydrogen-bond acceptors (Lipinski definition) is 2. The van der Waals surface area contributed by atoms with Gasteiger partial charge in [0.15, 0.2) is 0 Å². The van der Waals surface area contributed by atoms with Gasteiger partial charge in [-0.25, -0.2) is 4.79 Å². The summed E-state index contributed by atoms with van der Waals surface area (Å²) in [6.45, 7) is 0.398. The fourth-order valence-corrected chi connectivity index (χ4v) is 2.37. The molecule has 1 aliphatic carbocycles. The van der Waals surface area contributed by atoms with Crippen LogP contribution in [-0.2, 0) is 11.3 Å². The molecule has 4 heteroatoms. The predicted molar refractivity (Wildman–Crippen MR) is 67.3 cm³/mol. The van der Waals surface area contributed by atoms with E-state index in [0.29, 0.717) is 32.2 Å². The molecule has 0 aliphatic heterocycles. The molecule has 1 amide bonds. The zero-order valence-electron chi connectivity index (χ0n) is 10.2. The molecule has 1 N–H and O–H groups in total. The molecule has 96 valence electrons. The van der Waals surface area contributed by atoms with Crippen LogP contribution in [0.4, 0.5) is 4.79 Å². The van der Waals surface area contributed by atoms with Crippen LogP contribution >= 0.6 is 0 Å². The molecule has 0 bridgehead atoms. The van der Waals surface area contributed by atoms with Gasteiger partial charge in [0, 0.05) is 25.4 Å². The van der Waals surface area contributed by atoms with Crippen molar-refractivity contribution >= 4 is 11.9 Å². The summed E-state index contributed by atoms with van der Waals surface area (Å²) in [5.41, 5.74) is 0.983. The van der Waals surface area contributed by atoms with E-state index in [9.17, 15) is 14.7 Å². The van der Waals surface area contributed by atoms with Crippen molar-refractivity contribution in [2.24, 2.45) is 0 Å². The van der Waals surface area contributed by atoms with Crippen molar-refractivity contribution < 1.29 is 14.7 Å². The molecule has 0 heterocycles. The molecule has 0 saturated heterocycles. The van der Waals surface area contributed by atoms with E-state index in [1.54, 1.807) is 0 Å². The number of nitrogens with zero attached hydrogens (tertiary/aromatic N) is 1. The van der Waals surface area contributed by atoms with E-state index in [1.807, 2.05) is 30.3 Å². The van der Waals surface area contributed by atoms with Gasteiger partial charge in [-0.1, -0.05) is 30.3 Å². The van der Waals surface area contributed by atoms with Gasteiger partial charge < -0.3 is 10.0 Å². The highest BCUT2D eigenvalue weighted by atomic mass is 16.4. The van der Waals surface area contributed by atoms with Crippen LogP contribution in [0.25, 0.3) is 0 Å². The normalized spacial score (nSPS) is 16.6. The topological polar surface area (TPSA) is 57.6 Å². The molecule has 1 aromatic rings. The smallest absolute Gasteiger partial charge is 0.407 e. The van der Waals surface area contributed by atoms with Crippen molar-refractivity contribution in [3.05, 3.63) is 35.9 Å². The molecule has 1 saturated carbocycles.